The SMILES string of the molecule is C=C(C)C1(C)CC(F)(F)C1(F)Cl. The van der Waals surface area contributed by atoms with Gasteiger partial charge >= 0.3 is 0 Å². The Morgan fingerprint density at radius 3 is 1.92 bits per heavy atom. The average molecular weight is 199 g/mol. The lowest BCUT2D eigenvalue weighted by Gasteiger charge is -2.54. The van der Waals surface area contributed by atoms with E-state index < -0.39 is 22.9 Å². The van der Waals surface area contributed by atoms with Crippen molar-refractivity contribution in [2.45, 2.75) is 31.3 Å². The molecule has 70 valence electrons. The molecular formula is C8H10ClF3. The third-order valence-electron chi connectivity index (χ3n) is 2.67. The van der Waals surface area contributed by atoms with Crippen LogP contribution in [-0.4, -0.2) is 11.1 Å². The maximum absolute atomic E-state index is 13.2. The van der Waals surface area contributed by atoms with E-state index in [9.17, 15) is 13.2 Å². The summed E-state index contributed by atoms with van der Waals surface area (Å²) in [6.07, 6.45) is -0.560. The summed E-state index contributed by atoms with van der Waals surface area (Å²) in [7, 11) is 0. The van der Waals surface area contributed by atoms with Gasteiger partial charge < -0.3 is 0 Å². The Hall–Kier alpha value is -0.180. The monoisotopic (exact) mass is 198 g/mol. The molecule has 0 saturated heterocycles. The summed E-state index contributed by atoms with van der Waals surface area (Å²) < 4.78 is 38.5. The average Bonchev–Trinajstić information content (AvgIpc) is 1.85. The highest BCUT2D eigenvalue weighted by atomic mass is 35.5. The van der Waals surface area contributed by atoms with Gasteiger partial charge in [0, 0.05) is 11.8 Å². The van der Waals surface area contributed by atoms with Crippen molar-refractivity contribution in [1.82, 2.24) is 0 Å². The molecule has 0 nitrogen and oxygen atoms in total. The van der Waals surface area contributed by atoms with Crippen LogP contribution in [0.2, 0.25) is 0 Å². The van der Waals surface area contributed by atoms with Crippen molar-refractivity contribution in [3.8, 4) is 0 Å². The van der Waals surface area contributed by atoms with Crippen LogP contribution in [0.25, 0.3) is 0 Å². The van der Waals surface area contributed by atoms with Gasteiger partial charge in [-0.1, -0.05) is 30.7 Å². The molecule has 0 spiro atoms. The van der Waals surface area contributed by atoms with Gasteiger partial charge in [0.05, 0.1) is 0 Å². The lowest BCUT2D eigenvalue weighted by molar-refractivity contribution is -0.235. The van der Waals surface area contributed by atoms with Gasteiger partial charge in [-0.25, -0.2) is 13.2 Å². The third kappa shape index (κ3) is 0.859. The molecule has 0 N–H and O–H groups in total. The Labute approximate surface area is 74.4 Å². The quantitative estimate of drug-likeness (QED) is 0.447. The molecule has 1 saturated carbocycles. The number of hydrogen-bond donors (Lipinski definition) is 0. The Morgan fingerprint density at radius 1 is 1.42 bits per heavy atom. The van der Waals surface area contributed by atoms with Crippen LogP contribution in [0.5, 0.6) is 0 Å². The van der Waals surface area contributed by atoms with Crippen LogP contribution in [0.15, 0.2) is 12.2 Å². The molecule has 1 aliphatic carbocycles. The maximum atomic E-state index is 13.2. The topological polar surface area (TPSA) is 0 Å². The van der Waals surface area contributed by atoms with Gasteiger partial charge in [0.2, 0.25) is 0 Å². The van der Waals surface area contributed by atoms with E-state index in [1.54, 1.807) is 0 Å². The van der Waals surface area contributed by atoms with Crippen LogP contribution in [0.1, 0.15) is 20.3 Å². The Balaban J connectivity index is 2.99. The molecule has 4 heteroatoms. The summed E-state index contributed by atoms with van der Waals surface area (Å²) >= 11 is 5.12. The van der Waals surface area contributed by atoms with Gasteiger partial charge in [-0.15, -0.1) is 0 Å². The van der Waals surface area contributed by atoms with E-state index in [2.05, 4.69) is 6.58 Å². The number of alkyl halides is 4. The van der Waals surface area contributed by atoms with E-state index in [1.165, 1.54) is 13.8 Å². The zero-order valence-corrected chi connectivity index (χ0v) is 7.68. The predicted molar refractivity (Wildman–Crippen MR) is 42.2 cm³/mol. The smallest absolute Gasteiger partial charge is 0.219 e. The highest BCUT2D eigenvalue weighted by Crippen LogP contribution is 2.66. The normalized spacial score (nSPS) is 45.2. The van der Waals surface area contributed by atoms with E-state index >= 15 is 0 Å². The third-order valence-corrected chi connectivity index (χ3v) is 3.36. The van der Waals surface area contributed by atoms with Crippen LogP contribution < -0.4 is 0 Å². The van der Waals surface area contributed by atoms with E-state index in [1.807, 2.05) is 0 Å². The second-order valence-electron chi connectivity index (χ2n) is 3.57. The molecule has 0 radical (unpaired) electrons. The van der Waals surface area contributed by atoms with Crippen molar-refractivity contribution in [2.75, 3.05) is 0 Å². The van der Waals surface area contributed by atoms with Crippen LogP contribution in [0.3, 0.4) is 0 Å². The second-order valence-corrected chi connectivity index (χ2v) is 4.09. The lowest BCUT2D eigenvalue weighted by Crippen LogP contribution is -2.65. The summed E-state index contributed by atoms with van der Waals surface area (Å²) in [6.45, 7) is 6.32. The molecule has 0 amide bonds. The fourth-order valence-corrected chi connectivity index (χ4v) is 1.68. The molecule has 1 rings (SSSR count). The fourth-order valence-electron chi connectivity index (χ4n) is 1.38. The number of halogens is 4. The number of rotatable bonds is 1. The highest BCUT2D eigenvalue weighted by Gasteiger charge is 2.76. The van der Waals surface area contributed by atoms with E-state index in [0.717, 1.165) is 0 Å². The number of hydrogen-bond acceptors (Lipinski definition) is 0. The minimum Gasteiger partial charge on any atom is -0.219 e. The maximum Gasteiger partial charge on any atom is 0.297 e. The van der Waals surface area contributed by atoms with Crippen molar-refractivity contribution in [1.29, 1.82) is 0 Å². The minimum atomic E-state index is -3.43. The molecule has 1 fully saturated rings. The molecular weight excluding hydrogens is 189 g/mol. The molecule has 0 aromatic rings. The molecule has 0 aromatic carbocycles. The summed E-state index contributed by atoms with van der Waals surface area (Å²) in [5, 5.41) is -2.97. The molecule has 2 unspecified atom stereocenters. The Kier molecular flexibility index (Phi) is 1.81. The summed E-state index contributed by atoms with van der Waals surface area (Å²) in [5.74, 6) is -3.43. The van der Waals surface area contributed by atoms with Crippen LogP contribution >= 0.6 is 11.6 Å². The highest BCUT2D eigenvalue weighted by molar-refractivity contribution is 6.25. The first-order valence-electron chi connectivity index (χ1n) is 3.57. The predicted octanol–water partition coefficient (Wildman–Crippen LogP) is 3.51. The van der Waals surface area contributed by atoms with E-state index in [0.29, 0.717) is 5.57 Å². The zero-order valence-electron chi connectivity index (χ0n) is 6.93. The number of allylic oxidation sites excluding steroid dienone is 1. The summed E-state index contributed by atoms with van der Waals surface area (Å²) in [6, 6.07) is 0. The van der Waals surface area contributed by atoms with Crippen LogP contribution in [0.4, 0.5) is 13.2 Å². The Bertz CT molecular complexity index is 234. The molecule has 2 atom stereocenters. The first-order chi connectivity index (χ1) is 5.15. The largest absolute Gasteiger partial charge is 0.297 e. The second kappa shape index (κ2) is 2.19. The van der Waals surface area contributed by atoms with Gasteiger partial charge in [0.25, 0.3) is 11.1 Å². The molecule has 1 aliphatic rings. The molecule has 0 aliphatic heterocycles. The zero-order chi connectivity index (χ0) is 9.78. The van der Waals surface area contributed by atoms with Gasteiger partial charge in [-0.05, 0) is 6.92 Å². The van der Waals surface area contributed by atoms with Crippen LogP contribution in [-0.2, 0) is 0 Å². The summed E-state index contributed by atoms with van der Waals surface area (Å²) in [5.41, 5.74) is -0.941. The molecule has 0 aromatic heterocycles. The van der Waals surface area contributed by atoms with Gasteiger partial charge in [0.1, 0.15) is 0 Å². The van der Waals surface area contributed by atoms with E-state index in [-0.39, 0.29) is 0 Å². The van der Waals surface area contributed by atoms with Crippen molar-refractivity contribution in [3.63, 3.8) is 0 Å². The van der Waals surface area contributed by atoms with Crippen molar-refractivity contribution in [3.05, 3.63) is 12.2 Å². The minimum absolute atomic E-state index is 0.353. The fraction of sp³-hybridized carbons (Fsp3) is 0.750. The molecule has 0 bridgehead atoms. The molecule has 0 heterocycles. The van der Waals surface area contributed by atoms with Crippen LogP contribution in [0, 0.1) is 5.41 Å². The lowest BCUT2D eigenvalue weighted by atomic mass is 9.61. The van der Waals surface area contributed by atoms with Crippen molar-refractivity contribution >= 4 is 11.6 Å². The first kappa shape index (κ1) is 9.90. The summed E-state index contributed by atoms with van der Waals surface area (Å²) in [4.78, 5) is 0. The van der Waals surface area contributed by atoms with Gasteiger partial charge in [0.15, 0.2) is 0 Å². The van der Waals surface area contributed by atoms with Crippen molar-refractivity contribution in [2.24, 2.45) is 5.41 Å². The first-order valence-corrected chi connectivity index (χ1v) is 3.94. The van der Waals surface area contributed by atoms with E-state index in [4.69, 9.17) is 11.6 Å². The standard InChI is InChI=1S/C8H10ClF3/c1-5(2)6(3)4-7(10,11)8(6,9)12/h1,4H2,2-3H3. The van der Waals surface area contributed by atoms with Crippen molar-refractivity contribution < 1.29 is 13.2 Å². The Morgan fingerprint density at radius 2 is 1.83 bits per heavy atom. The van der Waals surface area contributed by atoms with Gasteiger partial charge in [-0.2, -0.15) is 0 Å². The van der Waals surface area contributed by atoms with Gasteiger partial charge in [-0.3, -0.25) is 0 Å². The molecule has 12 heavy (non-hydrogen) atoms.